The fraction of sp³-hybridized carbons (Fsp3) is 0.222. The first-order chi connectivity index (χ1) is 18.5. The number of anilines is 2. The van der Waals surface area contributed by atoms with Crippen LogP contribution >= 0.6 is 11.6 Å². The minimum absolute atomic E-state index is 0.00563. The van der Waals surface area contributed by atoms with Crippen LogP contribution in [0.5, 0.6) is 0 Å². The van der Waals surface area contributed by atoms with Gasteiger partial charge in [0, 0.05) is 23.8 Å². The van der Waals surface area contributed by atoms with Gasteiger partial charge in [0.25, 0.3) is 15.9 Å². The van der Waals surface area contributed by atoms with E-state index >= 15 is 0 Å². The number of carbonyl (C=O) groups is 1. The van der Waals surface area contributed by atoms with Gasteiger partial charge in [-0.05, 0) is 61.5 Å². The molecule has 12 heteroatoms. The Morgan fingerprint density at radius 2 is 1.59 bits per heavy atom. The molecule has 1 saturated heterocycles. The first-order valence-electron chi connectivity index (χ1n) is 12.0. The van der Waals surface area contributed by atoms with E-state index in [9.17, 15) is 21.6 Å². The van der Waals surface area contributed by atoms with Gasteiger partial charge in [0.2, 0.25) is 0 Å². The van der Waals surface area contributed by atoms with Crippen LogP contribution in [0.4, 0.5) is 11.4 Å². The molecule has 0 aromatic heterocycles. The van der Waals surface area contributed by atoms with E-state index < -0.39 is 31.1 Å². The van der Waals surface area contributed by atoms with Crippen molar-refractivity contribution in [3.05, 3.63) is 95.5 Å². The van der Waals surface area contributed by atoms with Gasteiger partial charge in [0.15, 0.2) is 9.84 Å². The minimum Gasteiger partial charge on any atom is -0.379 e. The number of morpholine rings is 1. The molecular formula is C27H28ClN3O6S2. The van der Waals surface area contributed by atoms with Crippen molar-refractivity contribution in [2.75, 3.05) is 36.3 Å². The summed E-state index contributed by atoms with van der Waals surface area (Å²) in [4.78, 5) is 15.1. The third kappa shape index (κ3) is 6.68. The molecule has 3 aromatic carbocycles. The molecule has 4 rings (SSSR count). The number of ether oxygens (including phenoxy) is 1. The summed E-state index contributed by atoms with van der Waals surface area (Å²) in [7, 11) is -7.74. The maximum absolute atomic E-state index is 13.2. The lowest BCUT2D eigenvalue weighted by Crippen LogP contribution is -2.46. The van der Waals surface area contributed by atoms with Gasteiger partial charge in [-0.3, -0.25) is 14.4 Å². The normalized spacial score (nSPS) is 15.3. The summed E-state index contributed by atoms with van der Waals surface area (Å²) >= 11 is 6.10. The summed E-state index contributed by atoms with van der Waals surface area (Å²) in [6.07, 6.45) is 1.40. The van der Waals surface area contributed by atoms with E-state index in [1.807, 2.05) is 6.92 Å². The Bertz CT molecular complexity index is 1570. The molecule has 1 heterocycles. The Morgan fingerprint density at radius 1 is 0.974 bits per heavy atom. The van der Waals surface area contributed by atoms with E-state index in [2.05, 4.69) is 16.6 Å². The molecule has 2 N–H and O–H groups in total. The topological polar surface area (TPSA) is 122 Å². The number of sulfone groups is 1. The van der Waals surface area contributed by atoms with E-state index in [0.717, 1.165) is 5.56 Å². The molecule has 0 saturated carbocycles. The molecule has 0 spiro atoms. The van der Waals surface area contributed by atoms with Gasteiger partial charge in [-0.15, -0.1) is 6.58 Å². The Kier molecular flexibility index (Phi) is 8.77. The van der Waals surface area contributed by atoms with Crippen LogP contribution in [0, 0.1) is 6.92 Å². The molecule has 1 fully saturated rings. The number of benzene rings is 3. The van der Waals surface area contributed by atoms with Crippen LogP contribution in [-0.4, -0.2) is 59.3 Å². The first kappa shape index (κ1) is 28.8. The van der Waals surface area contributed by atoms with E-state index in [4.69, 9.17) is 16.3 Å². The third-order valence-corrected chi connectivity index (χ3v) is 9.84. The number of nitrogens with zero attached hydrogens (tertiary/aromatic N) is 1. The largest absolute Gasteiger partial charge is 0.379 e. The highest BCUT2D eigenvalue weighted by molar-refractivity contribution is 7.92. The molecule has 1 unspecified atom stereocenters. The van der Waals surface area contributed by atoms with Gasteiger partial charge in [0.05, 0.1) is 34.3 Å². The average molecular weight is 590 g/mol. The van der Waals surface area contributed by atoms with Crippen LogP contribution in [0.2, 0.25) is 5.02 Å². The second-order valence-corrected chi connectivity index (χ2v) is 13.1. The first-order valence-corrected chi connectivity index (χ1v) is 15.4. The Balaban J connectivity index is 1.53. The zero-order chi connectivity index (χ0) is 28.2. The van der Waals surface area contributed by atoms with Gasteiger partial charge >= 0.3 is 0 Å². The predicted octanol–water partition coefficient (Wildman–Crippen LogP) is 4.32. The summed E-state index contributed by atoms with van der Waals surface area (Å²) in [5.74, 6) is -0.632. The second kappa shape index (κ2) is 11.9. The predicted molar refractivity (Wildman–Crippen MR) is 151 cm³/mol. The highest BCUT2D eigenvalue weighted by atomic mass is 35.5. The molecule has 0 radical (unpaired) electrons. The monoisotopic (exact) mass is 589 g/mol. The fourth-order valence-electron chi connectivity index (χ4n) is 4.08. The molecule has 1 atom stereocenters. The Labute approximate surface area is 233 Å². The Morgan fingerprint density at radius 3 is 2.21 bits per heavy atom. The number of amides is 1. The fourth-order valence-corrected chi connectivity index (χ4v) is 6.99. The number of sulfonamides is 1. The van der Waals surface area contributed by atoms with Crippen molar-refractivity contribution in [1.82, 2.24) is 4.90 Å². The number of halogens is 1. The summed E-state index contributed by atoms with van der Waals surface area (Å²) in [5.41, 5.74) is 1.25. The van der Waals surface area contributed by atoms with Crippen molar-refractivity contribution in [3.63, 3.8) is 0 Å². The van der Waals surface area contributed by atoms with Crippen LogP contribution in [0.25, 0.3) is 0 Å². The molecule has 3 aromatic rings. The summed E-state index contributed by atoms with van der Waals surface area (Å²) < 4.78 is 60.1. The van der Waals surface area contributed by atoms with E-state index in [1.54, 1.807) is 17.0 Å². The van der Waals surface area contributed by atoms with E-state index in [1.165, 1.54) is 60.7 Å². The van der Waals surface area contributed by atoms with Gasteiger partial charge in [-0.2, -0.15) is 0 Å². The maximum atomic E-state index is 13.2. The summed E-state index contributed by atoms with van der Waals surface area (Å²) in [6, 6.07) is 16.2. The lowest BCUT2D eigenvalue weighted by Gasteiger charge is -2.32. The van der Waals surface area contributed by atoms with Gasteiger partial charge < -0.3 is 10.1 Å². The smallest absolute Gasteiger partial charge is 0.261 e. The lowest BCUT2D eigenvalue weighted by atomic mass is 10.1. The molecule has 1 amide bonds. The molecule has 1 aliphatic rings. The Hall–Kier alpha value is -3.22. The maximum Gasteiger partial charge on any atom is 0.261 e. The zero-order valence-electron chi connectivity index (χ0n) is 21.1. The molecule has 9 nitrogen and oxygen atoms in total. The molecule has 0 bridgehead atoms. The number of rotatable bonds is 9. The van der Waals surface area contributed by atoms with Crippen molar-refractivity contribution in [2.45, 2.75) is 22.1 Å². The molecule has 1 aliphatic heterocycles. The van der Waals surface area contributed by atoms with Crippen LogP contribution in [0.15, 0.2) is 89.2 Å². The van der Waals surface area contributed by atoms with Gasteiger partial charge in [-0.1, -0.05) is 35.4 Å². The quantitative estimate of drug-likeness (QED) is 0.356. The molecule has 206 valence electrons. The number of hydrogen-bond donors (Lipinski definition) is 2. The minimum atomic E-state index is -3.97. The van der Waals surface area contributed by atoms with Gasteiger partial charge in [0.1, 0.15) is 5.37 Å². The average Bonchev–Trinajstić information content (AvgIpc) is 2.91. The van der Waals surface area contributed by atoms with Crippen molar-refractivity contribution in [1.29, 1.82) is 0 Å². The van der Waals surface area contributed by atoms with E-state index in [-0.39, 0.29) is 26.1 Å². The molecular weight excluding hydrogens is 562 g/mol. The van der Waals surface area contributed by atoms with Crippen LogP contribution < -0.4 is 10.0 Å². The van der Waals surface area contributed by atoms with Crippen molar-refractivity contribution in [2.24, 2.45) is 0 Å². The summed E-state index contributed by atoms with van der Waals surface area (Å²) in [5, 5.41) is 2.00. The standard InChI is InChI=1S/C27H28ClN3O6S2/c1-3-26(31-14-16-37-17-15-31)38(33,34)22-11-7-21(8-12-22)29-27(32)24-18-20(28)6-13-25(24)30-39(35,36)23-9-4-19(2)5-10-23/h3-13,18,26,30H,1,14-17H2,2H3,(H,29,32). The van der Waals surface area contributed by atoms with Crippen molar-refractivity contribution < 1.29 is 26.4 Å². The number of carbonyl (C=O) groups excluding carboxylic acids is 1. The third-order valence-electron chi connectivity index (χ3n) is 6.17. The zero-order valence-corrected chi connectivity index (χ0v) is 23.5. The lowest BCUT2D eigenvalue weighted by molar-refractivity contribution is 0.0374. The van der Waals surface area contributed by atoms with Crippen LogP contribution in [-0.2, 0) is 24.6 Å². The number of aryl methyl sites for hydroxylation is 1. The molecule has 39 heavy (non-hydrogen) atoms. The number of nitrogens with one attached hydrogen (secondary N) is 2. The number of hydrogen-bond acceptors (Lipinski definition) is 7. The van der Waals surface area contributed by atoms with Crippen molar-refractivity contribution in [3.8, 4) is 0 Å². The highest BCUT2D eigenvalue weighted by Crippen LogP contribution is 2.26. The van der Waals surface area contributed by atoms with Gasteiger partial charge in [-0.25, -0.2) is 16.8 Å². The van der Waals surface area contributed by atoms with Crippen LogP contribution in [0.3, 0.4) is 0 Å². The van der Waals surface area contributed by atoms with Crippen molar-refractivity contribution >= 4 is 48.7 Å². The SMILES string of the molecule is C=CC(N1CCOCC1)S(=O)(=O)c1ccc(NC(=O)c2cc(Cl)ccc2NS(=O)(=O)c2ccc(C)cc2)cc1. The summed E-state index contributed by atoms with van der Waals surface area (Å²) in [6.45, 7) is 7.37. The second-order valence-electron chi connectivity index (χ2n) is 8.91. The molecule has 0 aliphatic carbocycles. The highest BCUT2D eigenvalue weighted by Gasteiger charge is 2.31. The van der Waals surface area contributed by atoms with Crippen LogP contribution in [0.1, 0.15) is 15.9 Å². The van der Waals surface area contributed by atoms with E-state index in [0.29, 0.717) is 32.0 Å².